The van der Waals surface area contributed by atoms with Gasteiger partial charge in [0, 0.05) is 0 Å². The molecule has 1 aromatic rings. The van der Waals surface area contributed by atoms with Crippen molar-refractivity contribution >= 4 is 0 Å². The van der Waals surface area contributed by atoms with E-state index in [4.69, 9.17) is 0 Å². The van der Waals surface area contributed by atoms with Crippen molar-refractivity contribution in [3.63, 3.8) is 0 Å². The van der Waals surface area contributed by atoms with Gasteiger partial charge in [-0.25, -0.2) is 4.39 Å². The summed E-state index contributed by atoms with van der Waals surface area (Å²) in [5.74, 6) is 0.472. The molecular formula is C14H21F. The lowest BCUT2D eigenvalue weighted by Gasteiger charge is -2.16. The Morgan fingerprint density at radius 3 is 2.20 bits per heavy atom. The van der Waals surface area contributed by atoms with Gasteiger partial charge >= 0.3 is 0 Å². The van der Waals surface area contributed by atoms with Gasteiger partial charge in [0.2, 0.25) is 0 Å². The van der Waals surface area contributed by atoms with Crippen LogP contribution in [0.4, 0.5) is 4.39 Å². The summed E-state index contributed by atoms with van der Waals surface area (Å²) in [4.78, 5) is 0. The topological polar surface area (TPSA) is 0 Å². The molecule has 0 radical (unpaired) electrons. The van der Waals surface area contributed by atoms with Crippen molar-refractivity contribution < 1.29 is 4.39 Å². The van der Waals surface area contributed by atoms with Gasteiger partial charge in [0.25, 0.3) is 0 Å². The van der Waals surface area contributed by atoms with E-state index in [0.717, 1.165) is 18.4 Å². The van der Waals surface area contributed by atoms with E-state index in [0.29, 0.717) is 5.92 Å². The average molecular weight is 208 g/mol. The first-order valence-electron chi connectivity index (χ1n) is 5.95. The molecule has 0 spiro atoms. The third-order valence-corrected chi connectivity index (χ3v) is 2.94. The normalized spacial score (nSPS) is 11.0. The van der Waals surface area contributed by atoms with Crippen molar-refractivity contribution in [3.05, 3.63) is 35.1 Å². The van der Waals surface area contributed by atoms with E-state index in [-0.39, 0.29) is 5.82 Å². The molecule has 0 bridgehead atoms. The molecule has 0 N–H and O–H groups in total. The average Bonchev–Trinajstić information content (AvgIpc) is 2.22. The van der Waals surface area contributed by atoms with Crippen LogP contribution in [-0.2, 0) is 0 Å². The summed E-state index contributed by atoms with van der Waals surface area (Å²) in [6, 6.07) is 5.68. The van der Waals surface area contributed by atoms with Crippen molar-refractivity contribution in [1.82, 2.24) is 0 Å². The summed E-state index contributed by atoms with van der Waals surface area (Å²) in [6.45, 7) is 6.19. The maximum Gasteiger partial charge on any atom is 0.126 e. The van der Waals surface area contributed by atoms with E-state index < -0.39 is 0 Å². The molecule has 0 nitrogen and oxygen atoms in total. The second-order valence-corrected chi connectivity index (χ2v) is 4.28. The zero-order valence-corrected chi connectivity index (χ0v) is 10.0. The minimum Gasteiger partial charge on any atom is -0.207 e. The van der Waals surface area contributed by atoms with E-state index >= 15 is 0 Å². The summed E-state index contributed by atoms with van der Waals surface area (Å²) in [5, 5.41) is 0. The zero-order chi connectivity index (χ0) is 11.3. The molecule has 84 valence electrons. The maximum absolute atomic E-state index is 13.4. The van der Waals surface area contributed by atoms with Crippen LogP contribution in [0.5, 0.6) is 0 Å². The van der Waals surface area contributed by atoms with Crippen LogP contribution in [0.2, 0.25) is 0 Å². The molecule has 0 aliphatic heterocycles. The van der Waals surface area contributed by atoms with E-state index in [9.17, 15) is 4.39 Å². The van der Waals surface area contributed by atoms with Gasteiger partial charge in [-0.15, -0.1) is 0 Å². The van der Waals surface area contributed by atoms with Gasteiger partial charge in [-0.1, -0.05) is 38.8 Å². The quantitative estimate of drug-likeness (QED) is 0.651. The zero-order valence-electron chi connectivity index (χ0n) is 10.0. The monoisotopic (exact) mass is 208 g/mol. The molecular weight excluding hydrogens is 187 g/mol. The fourth-order valence-corrected chi connectivity index (χ4v) is 2.04. The lowest BCUT2D eigenvalue weighted by Crippen LogP contribution is -1.99. The second kappa shape index (κ2) is 5.89. The van der Waals surface area contributed by atoms with Crippen LogP contribution in [0.15, 0.2) is 18.2 Å². The summed E-state index contributed by atoms with van der Waals surface area (Å²) < 4.78 is 13.4. The van der Waals surface area contributed by atoms with Crippen LogP contribution >= 0.6 is 0 Å². The fraction of sp³-hybridized carbons (Fsp3) is 0.571. The molecule has 0 atom stereocenters. The molecule has 0 aliphatic carbocycles. The van der Waals surface area contributed by atoms with Crippen LogP contribution in [-0.4, -0.2) is 0 Å². The predicted octanol–water partition coefficient (Wildman–Crippen LogP) is 4.82. The van der Waals surface area contributed by atoms with Crippen LogP contribution in [0.1, 0.15) is 56.6 Å². The number of halogens is 1. The Morgan fingerprint density at radius 1 is 1.13 bits per heavy atom. The second-order valence-electron chi connectivity index (χ2n) is 4.28. The molecule has 0 unspecified atom stereocenters. The number of hydrogen-bond donors (Lipinski definition) is 0. The Hall–Kier alpha value is -0.850. The first kappa shape index (κ1) is 12.2. The molecule has 0 saturated heterocycles. The van der Waals surface area contributed by atoms with Crippen molar-refractivity contribution in [2.45, 2.75) is 52.4 Å². The Morgan fingerprint density at radius 2 is 1.73 bits per heavy atom. The lowest BCUT2D eigenvalue weighted by molar-refractivity contribution is 0.552. The van der Waals surface area contributed by atoms with Crippen molar-refractivity contribution in [1.29, 1.82) is 0 Å². The first-order valence-corrected chi connectivity index (χ1v) is 5.95. The summed E-state index contributed by atoms with van der Waals surface area (Å²) in [6.07, 6.45) is 4.66. The smallest absolute Gasteiger partial charge is 0.126 e. The standard InChI is InChI=1S/C14H21F/c1-4-6-12(7-5-2)13-9-8-11(3)14(15)10-13/h8-10,12H,4-7H2,1-3H3. The Kier molecular flexibility index (Phi) is 4.80. The van der Waals surface area contributed by atoms with Crippen LogP contribution in [0.25, 0.3) is 0 Å². The summed E-state index contributed by atoms with van der Waals surface area (Å²) in [7, 11) is 0. The molecule has 0 heterocycles. The highest BCUT2D eigenvalue weighted by Gasteiger charge is 2.10. The van der Waals surface area contributed by atoms with Gasteiger partial charge in [-0.3, -0.25) is 0 Å². The number of hydrogen-bond acceptors (Lipinski definition) is 0. The molecule has 0 amide bonds. The highest BCUT2D eigenvalue weighted by atomic mass is 19.1. The molecule has 1 aromatic carbocycles. The molecule has 0 saturated carbocycles. The van der Waals surface area contributed by atoms with Gasteiger partial charge in [-0.05, 0) is 42.9 Å². The van der Waals surface area contributed by atoms with Crippen molar-refractivity contribution in [2.24, 2.45) is 0 Å². The summed E-state index contributed by atoms with van der Waals surface area (Å²) in [5.41, 5.74) is 1.91. The molecule has 0 aromatic heterocycles. The van der Waals surface area contributed by atoms with Gasteiger partial charge in [-0.2, -0.15) is 0 Å². The van der Waals surface area contributed by atoms with E-state index in [1.165, 1.54) is 18.4 Å². The van der Waals surface area contributed by atoms with E-state index in [1.807, 2.05) is 13.0 Å². The summed E-state index contributed by atoms with van der Waals surface area (Å²) >= 11 is 0. The number of rotatable bonds is 5. The minimum absolute atomic E-state index is 0.0651. The minimum atomic E-state index is -0.0651. The highest BCUT2D eigenvalue weighted by molar-refractivity contribution is 5.26. The SMILES string of the molecule is CCCC(CCC)c1ccc(C)c(F)c1. The maximum atomic E-state index is 13.4. The molecule has 1 rings (SSSR count). The lowest BCUT2D eigenvalue weighted by atomic mass is 9.90. The molecule has 0 aliphatic rings. The third-order valence-electron chi connectivity index (χ3n) is 2.94. The van der Waals surface area contributed by atoms with Crippen molar-refractivity contribution in [2.75, 3.05) is 0 Å². The fourth-order valence-electron chi connectivity index (χ4n) is 2.04. The van der Waals surface area contributed by atoms with Gasteiger partial charge in [0.15, 0.2) is 0 Å². The van der Waals surface area contributed by atoms with Gasteiger partial charge < -0.3 is 0 Å². The molecule has 15 heavy (non-hydrogen) atoms. The van der Waals surface area contributed by atoms with Crippen LogP contribution < -0.4 is 0 Å². The Balaban J connectivity index is 2.85. The molecule has 1 heteroatoms. The largest absolute Gasteiger partial charge is 0.207 e. The van der Waals surface area contributed by atoms with Crippen molar-refractivity contribution in [3.8, 4) is 0 Å². The van der Waals surface area contributed by atoms with E-state index in [1.54, 1.807) is 6.07 Å². The highest BCUT2D eigenvalue weighted by Crippen LogP contribution is 2.27. The first-order chi connectivity index (χ1) is 7.19. The Labute approximate surface area is 92.5 Å². The van der Waals surface area contributed by atoms with Crippen LogP contribution in [0, 0.1) is 12.7 Å². The third kappa shape index (κ3) is 3.33. The van der Waals surface area contributed by atoms with Gasteiger partial charge in [0.05, 0.1) is 0 Å². The number of benzene rings is 1. The Bertz CT molecular complexity index is 298. The van der Waals surface area contributed by atoms with Gasteiger partial charge in [0.1, 0.15) is 5.82 Å². The predicted molar refractivity (Wildman–Crippen MR) is 63.7 cm³/mol. The van der Waals surface area contributed by atoms with Crippen LogP contribution in [0.3, 0.4) is 0 Å². The van der Waals surface area contributed by atoms with E-state index in [2.05, 4.69) is 19.9 Å². The number of aryl methyl sites for hydroxylation is 1. The molecule has 0 fully saturated rings.